The van der Waals surface area contributed by atoms with E-state index < -0.39 is 0 Å². The molecule has 1 saturated heterocycles. The molecular weight excluding hydrogens is 218 g/mol. The zero-order chi connectivity index (χ0) is 12.1. The van der Waals surface area contributed by atoms with Gasteiger partial charge in [-0.05, 0) is 19.8 Å². The molecule has 2 fully saturated rings. The highest BCUT2D eigenvalue weighted by Crippen LogP contribution is 2.30. The van der Waals surface area contributed by atoms with Gasteiger partial charge >= 0.3 is 5.97 Å². The van der Waals surface area contributed by atoms with Gasteiger partial charge in [0, 0.05) is 19.1 Å². The van der Waals surface area contributed by atoms with Crippen molar-refractivity contribution in [2.24, 2.45) is 5.92 Å². The maximum atomic E-state index is 12.0. The Kier molecular flexibility index (Phi) is 4.80. The summed E-state index contributed by atoms with van der Waals surface area (Å²) in [5.41, 5.74) is 0. The van der Waals surface area contributed by atoms with Crippen LogP contribution in [-0.4, -0.2) is 49.8 Å². The van der Waals surface area contributed by atoms with Crippen LogP contribution in [0.4, 0.5) is 0 Å². The monoisotopic (exact) mass is 241 g/mol. The lowest BCUT2D eigenvalue weighted by atomic mass is 9.83. The SMILES string of the molecule is CCOC(=O)C1CCCCC1N1CCOCC1. The average Bonchev–Trinajstić information content (AvgIpc) is 2.40. The van der Waals surface area contributed by atoms with Crippen LogP contribution in [0, 0.1) is 5.92 Å². The molecule has 2 aliphatic rings. The van der Waals surface area contributed by atoms with E-state index in [1.54, 1.807) is 0 Å². The Hall–Kier alpha value is -0.610. The molecule has 4 heteroatoms. The van der Waals surface area contributed by atoms with Crippen molar-refractivity contribution in [2.75, 3.05) is 32.9 Å². The molecule has 0 amide bonds. The fourth-order valence-electron chi connectivity index (χ4n) is 2.98. The molecule has 4 nitrogen and oxygen atoms in total. The molecular formula is C13H23NO3. The van der Waals surface area contributed by atoms with Gasteiger partial charge in [-0.15, -0.1) is 0 Å². The topological polar surface area (TPSA) is 38.8 Å². The summed E-state index contributed by atoms with van der Waals surface area (Å²) in [4.78, 5) is 14.4. The van der Waals surface area contributed by atoms with E-state index in [1.807, 2.05) is 6.92 Å². The molecule has 1 saturated carbocycles. The van der Waals surface area contributed by atoms with E-state index in [1.165, 1.54) is 6.42 Å². The minimum atomic E-state index is 0.00342. The van der Waals surface area contributed by atoms with Crippen molar-refractivity contribution >= 4 is 5.97 Å². The van der Waals surface area contributed by atoms with Crippen LogP contribution in [0.3, 0.4) is 0 Å². The second-order valence-corrected chi connectivity index (χ2v) is 4.86. The second-order valence-electron chi connectivity index (χ2n) is 4.86. The van der Waals surface area contributed by atoms with Gasteiger partial charge < -0.3 is 9.47 Å². The molecule has 0 aromatic carbocycles. The van der Waals surface area contributed by atoms with Gasteiger partial charge in [-0.1, -0.05) is 12.8 Å². The molecule has 1 aliphatic heterocycles. The third-order valence-corrected chi connectivity index (χ3v) is 3.83. The zero-order valence-corrected chi connectivity index (χ0v) is 10.7. The Bertz CT molecular complexity index is 251. The predicted octanol–water partition coefficient (Wildman–Crippen LogP) is 1.44. The number of carbonyl (C=O) groups excluding carboxylic acids is 1. The second kappa shape index (κ2) is 6.36. The van der Waals surface area contributed by atoms with Crippen molar-refractivity contribution in [2.45, 2.75) is 38.6 Å². The molecule has 17 heavy (non-hydrogen) atoms. The van der Waals surface area contributed by atoms with Crippen molar-refractivity contribution < 1.29 is 14.3 Å². The Morgan fingerprint density at radius 2 is 2.00 bits per heavy atom. The molecule has 0 bridgehead atoms. The molecule has 0 N–H and O–H groups in total. The fraction of sp³-hybridized carbons (Fsp3) is 0.923. The smallest absolute Gasteiger partial charge is 0.310 e. The highest BCUT2D eigenvalue weighted by atomic mass is 16.5. The van der Waals surface area contributed by atoms with Crippen LogP contribution < -0.4 is 0 Å². The third kappa shape index (κ3) is 3.19. The normalized spacial score (nSPS) is 31.1. The zero-order valence-electron chi connectivity index (χ0n) is 10.7. The van der Waals surface area contributed by atoms with Crippen LogP contribution in [-0.2, 0) is 14.3 Å². The quantitative estimate of drug-likeness (QED) is 0.701. The maximum absolute atomic E-state index is 12.0. The van der Waals surface area contributed by atoms with Gasteiger partial charge in [0.25, 0.3) is 0 Å². The number of ether oxygens (including phenoxy) is 2. The molecule has 0 radical (unpaired) electrons. The summed E-state index contributed by atoms with van der Waals surface area (Å²) in [6, 6.07) is 0.381. The van der Waals surface area contributed by atoms with Crippen molar-refractivity contribution in [1.82, 2.24) is 4.90 Å². The Morgan fingerprint density at radius 1 is 1.29 bits per heavy atom. The maximum Gasteiger partial charge on any atom is 0.310 e. The minimum absolute atomic E-state index is 0.00342. The summed E-state index contributed by atoms with van der Waals surface area (Å²) in [5, 5.41) is 0. The molecule has 98 valence electrons. The number of esters is 1. The van der Waals surface area contributed by atoms with Crippen molar-refractivity contribution in [3.05, 3.63) is 0 Å². The predicted molar refractivity (Wildman–Crippen MR) is 64.8 cm³/mol. The molecule has 0 aromatic rings. The van der Waals surface area contributed by atoms with E-state index in [2.05, 4.69) is 4.90 Å². The highest BCUT2D eigenvalue weighted by Gasteiger charge is 2.36. The number of nitrogens with zero attached hydrogens (tertiary/aromatic N) is 1. The van der Waals surface area contributed by atoms with Crippen LogP contribution >= 0.6 is 0 Å². The van der Waals surface area contributed by atoms with Crippen LogP contribution in [0.1, 0.15) is 32.6 Å². The Balaban J connectivity index is 1.97. The number of carbonyl (C=O) groups is 1. The van der Waals surface area contributed by atoms with E-state index in [9.17, 15) is 4.79 Å². The van der Waals surface area contributed by atoms with Gasteiger partial charge in [0.15, 0.2) is 0 Å². The average molecular weight is 241 g/mol. The first-order valence-corrected chi connectivity index (χ1v) is 6.81. The van der Waals surface area contributed by atoms with Gasteiger partial charge in [0.1, 0.15) is 0 Å². The summed E-state index contributed by atoms with van der Waals surface area (Å²) < 4.78 is 10.6. The number of hydrogen-bond acceptors (Lipinski definition) is 4. The summed E-state index contributed by atoms with van der Waals surface area (Å²) in [5.74, 6) is 0.0884. The lowest BCUT2D eigenvalue weighted by molar-refractivity contribution is -0.153. The van der Waals surface area contributed by atoms with E-state index in [0.29, 0.717) is 12.6 Å². The number of morpholine rings is 1. The third-order valence-electron chi connectivity index (χ3n) is 3.83. The molecule has 0 aromatic heterocycles. The molecule has 0 spiro atoms. The van der Waals surface area contributed by atoms with Crippen LogP contribution in [0.15, 0.2) is 0 Å². The lowest BCUT2D eigenvalue weighted by Gasteiger charge is -2.40. The Labute approximate surface area is 103 Å². The van der Waals surface area contributed by atoms with Gasteiger partial charge in [0.2, 0.25) is 0 Å². The largest absolute Gasteiger partial charge is 0.466 e. The summed E-state index contributed by atoms with van der Waals surface area (Å²) in [6.07, 6.45) is 4.51. The van der Waals surface area contributed by atoms with Gasteiger partial charge in [-0.25, -0.2) is 0 Å². The summed E-state index contributed by atoms with van der Waals surface area (Å²) in [7, 11) is 0. The van der Waals surface area contributed by atoms with Crippen molar-refractivity contribution in [3.63, 3.8) is 0 Å². The Morgan fingerprint density at radius 3 is 2.71 bits per heavy atom. The highest BCUT2D eigenvalue weighted by molar-refractivity contribution is 5.73. The van der Waals surface area contributed by atoms with Crippen molar-refractivity contribution in [1.29, 1.82) is 0 Å². The molecule has 2 atom stereocenters. The first-order chi connectivity index (χ1) is 8.33. The van der Waals surface area contributed by atoms with Gasteiger partial charge in [0.05, 0.1) is 25.7 Å². The summed E-state index contributed by atoms with van der Waals surface area (Å²) in [6.45, 7) is 5.88. The van der Waals surface area contributed by atoms with Crippen LogP contribution in [0.5, 0.6) is 0 Å². The first kappa shape index (κ1) is 12.8. The van der Waals surface area contributed by atoms with Crippen molar-refractivity contribution in [3.8, 4) is 0 Å². The first-order valence-electron chi connectivity index (χ1n) is 6.81. The van der Waals surface area contributed by atoms with Crippen LogP contribution in [0.2, 0.25) is 0 Å². The van der Waals surface area contributed by atoms with Crippen LogP contribution in [0.25, 0.3) is 0 Å². The standard InChI is InChI=1S/C13H23NO3/c1-2-17-13(15)11-5-3-4-6-12(11)14-7-9-16-10-8-14/h11-12H,2-10H2,1H3. The molecule has 1 aliphatic carbocycles. The van der Waals surface area contributed by atoms with E-state index in [0.717, 1.165) is 45.6 Å². The van der Waals surface area contributed by atoms with E-state index >= 15 is 0 Å². The fourth-order valence-corrected chi connectivity index (χ4v) is 2.98. The van der Waals surface area contributed by atoms with Gasteiger partial charge in [-0.3, -0.25) is 9.69 Å². The minimum Gasteiger partial charge on any atom is -0.466 e. The van der Waals surface area contributed by atoms with E-state index in [4.69, 9.17) is 9.47 Å². The van der Waals surface area contributed by atoms with E-state index in [-0.39, 0.29) is 11.9 Å². The molecule has 2 unspecified atom stereocenters. The molecule has 2 rings (SSSR count). The number of hydrogen-bond donors (Lipinski definition) is 0. The molecule has 1 heterocycles. The number of rotatable bonds is 3. The summed E-state index contributed by atoms with van der Waals surface area (Å²) >= 11 is 0. The lowest BCUT2D eigenvalue weighted by Crippen LogP contribution is -2.50. The van der Waals surface area contributed by atoms with Gasteiger partial charge in [-0.2, -0.15) is 0 Å².